The van der Waals surface area contributed by atoms with E-state index in [2.05, 4.69) is 24.4 Å². The van der Waals surface area contributed by atoms with Gasteiger partial charge < -0.3 is 5.32 Å². The number of nitrogens with one attached hydrogen (secondary N) is 1. The summed E-state index contributed by atoms with van der Waals surface area (Å²) in [4.78, 5) is 0. The Balaban J connectivity index is 2.75. The first-order valence-corrected chi connectivity index (χ1v) is 3.73. The smallest absolute Gasteiger partial charge is 0.0134 e. The fourth-order valence-corrected chi connectivity index (χ4v) is 0.605. The van der Waals surface area contributed by atoms with E-state index in [-0.39, 0.29) is 0 Å². The topological polar surface area (TPSA) is 12.0 Å². The lowest BCUT2D eigenvalue weighted by atomic mass is 10.3. The van der Waals surface area contributed by atoms with Crippen molar-refractivity contribution in [1.29, 1.82) is 0 Å². The van der Waals surface area contributed by atoms with Crippen molar-refractivity contribution in [3.05, 3.63) is 12.2 Å². The molecule has 0 heterocycles. The van der Waals surface area contributed by atoms with Crippen LogP contribution in [-0.4, -0.2) is 13.1 Å². The van der Waals surface area contributed by atoms with Crippen molar-refractivity contribution in [2.24, 2.45) is 0 Å². The van der Waals surface area contributed by atoms with Gasteiger partial charge in [-0.3, -0.25) is 0 Å². The highest BCUT2D eigenvalue weighted by Crippen LogP contribution is 1.81. The van der Waals surface area contributed by atoms with Gasteiger partial charge in [0.1, 0.15) is 0 Å². The first kappa shape index (κ1) is 8.70. The van der Waals surface area contributed by atoms with Gasteiger partial charge in [-0.1, -0.05) is 25.5 Å². The van der Waals surface area contributed by atoms with Crippen LogP contribution in [0.5, 0.6) is 0 Å². The third-order valence-electron chi connectivity index (χ3n) is 1.20. The van der Waals surface area contributed by atoms with Gasteiger partial charge in [-0.15, -0.1) is 0 Å². The molecule has 0 unspecified atom stereocenters. The number of rotatable bonds is 5. The first-order chi connectivity index (χ1) is 4.41. The molecule has 0 aromatic rings. The third-order valence-corrected chi connectivity index (χ3v) is 1.20. The quantitative estimate of drug-likeness (QED) is 0.439. The van der Waals surface area contributed by atoms with Gasteiger partial charge in [-0.2, -0.15) is 0 Å². The molecular formula is C8H17N. The van der Waals surface area contributed by atoms with Crippen LogP contribution in [-0.2, 0) is 0 Å². The molecule has 9 heavy (non-hydrogen) atoms. The van der Waals surface area contributed by atoms with Crippen molar-refractivity contribution >= 4 is 0 Å². The van der Waals surface area contributed by atoms with Crippen molar-refractivity contribution < 1.29 is 0 Å². The molecule has 0 bridgehead atoms. The van der Waals surface area contributed by atoms with Crippen LogP contribution >= 0.6 is 0 Å². The molecule has 0 radical (unpaired) electrons. The Kier molecular flexibility index (Phi) is 7.44. The monoisotopic (exact) mass is 127 g/mol. The molecule has 0 atom stereocenters. The molecule has 1 nitrogen and oxygen atoms in total. The second kappa shape index (κ2) is 7.70. The van der Waals surface area contributed by atoms with Crippen molar-refractivity contribution in [2.75, 3.05) is 13.1 Å². The second-order valence-corrected chi connectivity index (χ2v) is 2.13. The Morgan fingerprint density at radius 2 is 2.22 bits per heavy atom. The zero-order valence-electron chi connectivity index (χ0n) is 6.48. The van der Waals surface area contributed by atoms with Gasteiger partial charge in [0.25, 0.3) is 0 Å². The van der Waals surface area contributed by atoms with E-state index in [1.165, 1.54) is 12.8 Å². The average Bonchev–Trinajstić information content (AvgIpc) is 1.89. The molecule has 0 amide bonds. The Labute approximate surface area is 58.2 Å². The lowest BCUT2D eigenvalue weighted by Gasteiger charge is -1.96. The van der Waals surface area contributed by atoms with Crippen LogP contribution in [0.4, 0.5) is 0 Å². The maximum atomic E-state index is 3.30. The predicted molar refractivity (Wildman–Crippen MR) is 42.6 cm³/mol. The Bertz CT molecular complexity index is 67.0. The van der Waals surface area contributed by atoms with Crippen molar-refractivity contribution in [1.82, 2.24) is 5.32 Å². The molecule has 1 heteroatoms. The number of allylic oxidation sites excluding steroid dienone is 1. The molecule has 0 aliphatic heterocycles. The van der Waals surface area contributed by atoms with Gasteiger partial charge in [0, 0.05) is 6.54 Å². The summed E-state index contributed by atoms with van der Waals surface area (Å²) in [6.45, 7) is 6.43. The molecule has 0 saturated heterocycles. The minimum Gasteiger partial charge on any atom is -0.313 e. The van der Waals surface area contributed by atoms with E-state index in [1.807, 2.05) is 6.92 Å². The summed E-state index contributed by atoms with van der Waals surface area (Å²) in [5, 5.41) is 3.30. The van der Waals surface area contributed by atoms with E-state index in [0.717, 1.165) is 13.1 Å². The van der Waals surface area contributed by atoms with Crippen molar-refractivity contribution in [3.63, 3.8) is 0 Å². The Morgan fingerprint density at radius 3 is 2.78 bits per heavy atom. The minimum absolute atomic E-state index is 1.02. The molecule has 0 aromatic carbocycles. The fraction of sp³-hybridized carbons (Fsp3) is 0.750. The molecule has 0 aliphatic carbocycles. The summed E-state index contributed by atoms with van der Waals surface area (Å²) in [7, 11) is 0. The fourth-order valence-electron chi connectivity index (χ4n) is 0.605. The zero-order chi connectivity index (χ0) is 6.95. The van der Waals surface area contributed by atoms with Crippen LogP contribution in [0.3, 0.4) is 0 Å². The Hall–Kier alpha value is -0.300. The van der Waals surface area contributed by atoms with E-state index in [4.69, 9.17) is 0 Å². The molecule has 0 fully saturated rings. The largest absolute Gasteiger partial charge is 0.313 e. The summed E-state index contributed by atoms with van der Waals surface area (Å²) in [6.07, 6.45) is 6.77. The van der Waals surface area contributed by atoms with Crippen molar-refractivity contribution in [3.8, 4) is 0 Å². The van der Waals surface area contributed by atoms with Gasteiger partial charge in [0.2, 0.25) is 0 Å². The second-order valence-electron chi connectivity index (χ2n) is 2.13. The van der Waals surface area contributed by atoms with Gasteiger partial charge in [0.05, 0.1) is 0 Å². The van der Waals surface area contributed by atoms with Crippen LogP contribution in [0, 0.1) is 0 Å². The summed E-state index contributed by atoms with van der Waals surface area (Å²) in [6, 6.07) is 0. The number of hydrogen-bond acceptors (Lipinski definition) is 1. The minimum atomic E-state index is 1.02. The zero-order valence-corrected chi connectivity index (χ0v) is 6.48. The standard InChI is InChI=1S/C8H17N/c1-3-5-7-9-8-6-4-2/h3,5,9H,4,6-8H2,1-2H3/b5-3+. The lowest BCUT2D eigenvalue weighted by molar-refractivity contribution is 0.681. The SMILES string of the molecule is C/C=C/CNCCCC. The summed E-state index contributed by atoms with van der Waals surface area (Å²) in [5.41, 5.74) is 0. The van der Waals surface area contributed by atoms with E-state index in [9.17, 15) is 0 Å². The van der Waals surface area contributed by atoms with Crippen LogP contribution in [0.25, 0.3) is 0 Å². The van der Waals surface area contributed by atoms with E-state index >= 15 is 0 Å². The number of unbranched alkanes of at least 4 members (excludes halogenated alkanes) is 1. The number of hydrogen-bond donors (Lipinski definition) is 1. The van der Waals surface area contributed by atoms with E-state index in [1.54, 1.807) is 0 Å². The van der Waals surface area contributed by atoms with Crippen LogP contribution in [0.15, 0.2) is 12.2 Å². The molecule has 1 N–H and O–H groups in total. The average molecular weight is 127 g/mol. The van der Waals surface area contributed by atoms with E-state index < -0.39 is 0 Å². The molecule has 0 aliphatic rings. The highest BCUT2D eigenvalue weighted by molar-refractivity contribution is 4.78. The van der Waals surface area contributed by atoms with Crippen LogP contribution < -0.4 is 5.32 Å². The summed E-state index contributed by atoms with van der Waals surface area (Å²) >= 11 is 0. The van der Waals surface area contributed by atoms with Gasteiger partial charge in [-0.25, -0.2) is 0 Å². The maximum Gasteiger partial charge on any atom is 0.0134 e. The highest BCUT2D eigenvalue weighted by Gasteiger charge is 1.79. The first-order valence-electron chi connectivity index (χ1n) is 3.73. The summed E-state index contributed by atoms with van der Waals surface area (Å²) < 4.78 is 0. The van der Waals surface area contributed by atoms with Gasteiger partial charge in [0.15, 0.2) is 0 Å². The van der Waals surface area contributed by atoms with Crippen LogP contribution in [0.2, 0.25) is 0 Å². The predicted octanol–water partition coefficient (Wildman–Crippen LogP) is 1.95. The molecule has 0 saturated carbocycles. The van der Waals surface area contributed by atoms with Crippen LogP contribution in [0.1, 0.15) is 26.7 Å². The highest BCUT2D eigenvalue weighted by atomic mass is 14.8. The lowest BCUT2D eigenvalue weighted by Crippen LogP contribution is -2.14. The summed E-state index contributed by atoms with van der Waals surface area (Å²) in [5.74, 6) is 0. The normalized spacial score (nSPS) is 10.9. The molecule has 54 valence electrons. The van der Waals surface area contributed by atoms with Gasteiger partial charge in [-0.05, 0) is 19.9 Å². The maximum absolute atomic E-state index is 3.30. The van der Waals surface area contributed by atoms with Gasteiger partial charge >= 0.3 is 0 Å². The molecule has 0 spiro atoms. The Morgan fingerprint density at radius 1 is 1.44 bits per heavy atom. The molecule has 0 rings (SSSR count). The molecular weight excluding hydrogens is 110 g/mol. The van der Waals surface area contributed by atoms with Crippen molar-refractivity contribution in [2.45, 2.75) is 26.7 Å². The molecule has 0 aromatic heterocycles. The third kappa shape index (κ3) is 7.70. The van der Waals surface area contributed by atoms with E-state index in [0.29, 0.717) is 0 Å².